The van der Waals surface area contributed by atoms with Gasteiger partial charge in [-0.2, -0.15) is 0 Å². The van der Waals surface area contributed by atoms with Gasteiger partial charge >= 0.3 is 0 Å². The van der Waals surface area contributed by atoms with Crippen molar-refractivity contribution < 1.29 is 14.3 Å². The van der Waals surface area contributed by atoms with Crippen LogP contribution in [0.5, 0.6) is 11.5 Å². The Bertz CT molecular complexity index is 992. The second kappa shape index (κ2) is 7.89. The number of benzene rings is 1. The number of rotatable bonds is 6. The minimum Gasteiger partial charge on any atom is -0.454 e. The van der Waals surface area contributed by atoms with Crippen molar-refractivity contribution >= 4 is 23.4 Å². The first kappa shape index (κ1) is 18.3. The molecule has 1 atom stereocenters. The minimum absolute atomic E-state index is 0.127. The van der Waals surface area contributed by atoms with Crippen LogP contribution in [-0.4, -0.2) is 37.7 Å². The number of nitrogens with one attached hydrogen (secondary N) is 1. The molecule has 0 spiro atoms. The Hall–Kier alpha value is -3.07. The van der Waals surface area contributed by atoms with E-state index in [1.54, 1.807) is 30.6 Å². The molecule has 3 heterocycles. The van der Waals surface area contributed by atoms with E-state index < -0.39 is 0 Å². The van der Waals surface area contributed by atoms with Crippen LogP contribution in [0.15, 0.2) is 47.9 Å². The Morgan fingerprint density at radius 1 is 1.29 bits per heavy atom. The second-order valence-corrected chi connectivity index (χ2v) is 7.42. The summed E-state index contributed by atoms with van der Waals surface area (Å²) >= 11 is 1.36. The summed E-state index contributed by atoms with van der Waals surface area (Å²) in [5, 5.41) is 11.8. The van der Waals surface area contributed by atoms with E-state index >= 15 is 0 Å². The average molecular weight is 397 g/mol. The predicted molar refractivity (Wildman–Crippen MR) is 105 cm³/mol. The summed E-state index contributed by atoms with van der Waals surface area (Å²) in [7, 11) is 0. The van der Waals surface area contributed by atoms with Gasteiger partial charge in [0.15, 0.2) is 22.5 Å². The van der Waals surface area contributed by atoms with Crippen LogP contribution in [0.3, 0.4) is 0 Å². The Balaban J connectivity index is 1.46. The Morgan fingerprint density at radius 3 is 2.93 bits per heavy atom. The molecule has 2 aromatic heterocycles. The van der Waals surface area contributed by atoms with E-state index in [0.29, 0.717) is 28.9 Å². The van der Waals surface area contributed by atoms with E-state index in [4.69, 9.17) is 9.47 Å². The molecule has 0 unspecified atom stereocenters. The molecule has 0 fully saturated rings. The van der Waals surface area contributed by atoms with Crippen molar-refractivity contribution in [1.82, 2.24) is 19.7 Å². The third-order valence-electron chi connectivity index (χ3n) is 4.24. The maximum Gasteiger partial charge on any atom is 0.237 e. The zero-order valence-corrected chi connectivity index (χ0v) is 16.3. The molecule has 0 saturated carbocycles. The summed E-state index contributed by atoms with van der Waals surface area (Å²) in [6.45, 7) is 4.75. The van der Waals surface area contributed by atoms with Crippen molar-refractivity contribution in [2.24, 2.45) is 0 Å². The highest BCUT2D eigenvalue weighted by molar-refractivity contribution is 8.00. The fourth-order valence-corrected chi connectivity index (χ4v) is 3.71. The van der Waals surface area contributed by atoms with Gasteiger partial charge < -0.3 is 19.4 Å². The van der Waals surface area contributed by atoms with Gasteiger partial charge in [0.05, 0.1) is 5.25 Å². The number of hydrogen-bond acceptors (Lipinski definition) is 7. The number of anilines is 1. The summed E-state index contributed by atoms with van der Waals surface area (Å²) in [5.41, 5.74) is 1.55. The molecule has 4 rings (SSSR count). The van der Waals surface area contributed by atoms with Crippen LogP contribution in [0.2, 0.25) is 0 Å². The first-order chi connectivity index (χ1) is 13.7. The van der Waals surface area contributed by atoms with E-state index in [1.807, 2.05) is 30.5 Å². The summed E-state index contributed by atoms with van der Waals surface area (Å²) in [6, 6.07) is 9.12. The van der Waals surface area contributed by atoms with Crippen LogP contribution in [-0.2, 0) is 11.3 Å². The number of thioether (sulfide) groups is 1. The van der Waals surface area contributed by atoms with Crippen LogP contribution in [0.25, 0.3) is 11.4 Å². The molecule has 9 heteroatoms. The molecule has 0 bridgehead atoms. The molecule has 1 amide bonds. The molecule has 1 aliphatic heterocycles. The van der Waals surface area contributed by atoms with Gasteiger partial charge in [-0.1, -0.05) is 11.8 Å². The summed E-state index contributed by atoms with van der Waals surface area (Å²) in [6.07, 6.45) is 3.47. The number of fused-ring (bicyclic) bond motifs is 1. The second-order valence-electron chi connectivity index (χ2n) is 6.11. The lowest BCUT2D eigenvalue weighted by atomic mass is 10.2. The number of amides is 1. The molecule has 1 N–H and O–H groups in total. The zero-order chi connectivity index (χ0) is 19.5. The first-order valence-electron chi connectivity index (χ1n) is 8.86. The maximum absolute atomic E-state index is 12.6. The fourth-order valence-electron chi connectivity index (χ4n) is 2.80. The molecule has 1 aliphatic rings. The molecule has 3 aromatic rings. The maximum atomic E-state index is 12.6. The van der Waals surface area contributed by atoms with Crippen LogP contribution in [0, 0.1) is 0 Å². The average Bonchev–Trinajstić information content (AvgIpc) is 3.34. The van der Waals surface area contributed by atoms with E-state index in [1.165, 1.54) is 11.8 Å². The van der Waals surface area contributed by atoms with Gasteiger partial charge in [0.2, 0.25) is 12.7 Å². The molecule has 8 nitrogen and oxygen atoms in total. The molecular formula is C19H19N5O3S. The van der Waals surface area contributed by atoms with Gasteiger partial charge in [0, 0.05) is 36.3 Å². The summed E-state index contributed by atoms with van der Waals surface area (Å²) in [5.74, 6) is 1.92. The van der Waals surface area contributed by atoms with Crippen molar-refractivity contribution in [3.8, 4) is 22.9 Å². The van der Waals surface area contributed by atoms with Gasteiger partial charge in [-0.15, -0.1) is 10.2 Å². The van der Waals surface area contributed by atoms with Gasteiger partial charge in [0.25, 0.3) is 0 Å². The lowest BCUT2D eigenvalue weighted by Gasteiger charge is -2.13. The lowest BCUT2D eigenvalue weighted by molar-refractivity contribution is -0.115. The minimum atomic E-state index is -0.360. The zero-order valence-electron chi connectivity index (χ0n) is 15.5. The standard InChI is InChI=1S/C19H19N5O3S/c1-3-24-17(13-5-4-8-20-10-13)22-23-19(24)28-12(2)18(25)21-14-6-7-15-16(9-14)27-11-26-15/h4-10,12H,3,11H2,1-2H3,(H,21,25)/t12-/m0/s1. The molecule has 0 radical (unpaired) electrons. The van der Waals surface area contributed by atoms with Crippen LogP contribution >= 0.6 is 11.8 Å². The van der Waals surface area contributed by atoms with Crippen molar-refractivity contribution in [3.63, 3.8) is 0 Å². The highest BCUT2D eigenvalue weighted by atomic mass is 32.2. The number of carbonyl (C=O) groups excluding carboxylic acids is 1. The smallest absolute Gasteiger partial charge is 0.237 e. The first-order valence-corrected chi connectivity index (χ1v) is 9.74. The van der Waals surface area contributed by atoms with Crippen LogP contribution < -0.4 is 14.8 Å². The molecule has 28 heavy (non-hydrogen) atoms. The van der Waals surface area contributed by atoms with E-state index in [-0.39, 0.29) is 18.0 Å². The van der Waals surface area contributed by atoms with Crippen molar-refractivity contribution in [2.75, 3.05) is 12.1 Å². The third kappa shape index (κ3) is 3.65. The van der Waals surface area contributed by atoms with Crippen molar-refractivity contribution in [1.29, 1.82) is 0 Å². The highest BCUT2D eigenvalue weighted by Gasteiger charge is 2.21. The molecule has 1 aromatic carbocycles. The van der Waals surface area contributed by atoms with Crippen LogP contribution in [0.4, 0.5) is 5.69 Å². The summed E-state index contributed by atoms with van der Waals surface area (Å²) < 4.78 is 12.6. The monoisotopic (exact) mass is 397 g/mol. The number of hydrogen-bond donors (Lipinski definition) is 1. The highest BCUT2D eigenvalue weighted by Crippen LogP contribution is 2.34. The van der Waals surface area contributed by atoms with Crippen molar-refractivity contribution in [3.05, 3.63) is 42.7 Å². The van der Waals surface area contributed by atoms with Gasteiger partial charge in [-0.05, 0) is 38.1 Å². The molecule has 0 aliphatic carbocycles. The van der Waals surface area contributed by atoms with Gasteiger partial charge in [-0.3, -0.25) is 9.78 Å². The Morgan fingerprint density at radius 2 is 2.14 bits per heavy atom. The fraction of sp³-hybridized carbons (Fsp3) is 0.263. The molecule has 0 saturated heterocycles. The largest absolute Gasteiger partial charge is 0.454 e. The Kier molecular flexibility index (Phi) is 5.16. The van der Waals surface area contributed by atoms with Crippen LogP contribution in [0.1, 0.15) is 13.8 Å². The number of pyridine rings is 1. The number of ether oxygens (including phenoxy) is 2. The Labute approximate surface area is 166 Å². The van der Waals surface area contributed by atoms with E-state index in [9.17, 15) is 4.79 Å². The number of aromatic nitrogens is 4. The quantitative estimate of drug-likeness (QED) is 0.639. The lowest BCUT2D eigenvalue weighted by Crippen LogP contribution is -2.22. The van der Waals surface area contributed by atoms with E-state index in [2.05, 4.69) is 20.5 Å². The number of nitrogens with zero attached hydrogens (tertiary/aromatic N) is 4. The topological polar surface area (TPSA) is 91.2 Å². The van der Waals surface area contributed by atoms with Gasteiger partial charge in [-0.25, -0.2) is 0 Å². The molecular weight excluding hydrogens is 378 g/mol. The van der Waals surface area contributed by atoms with Gasteiger partial charge in [0.1, 0.15) is 0 Å². The normalized spacial score (nSPS) is 13.4. The number of carbonyl (C=O) groups is 1. The van der Waals surface area contributed by atoms with E-state index in [0.717, 1.165) is 11.4 Å². The molecule has 144 valence electrons. The predicted octanol–water partition coefficient (Wildman–Crippen LogP) is 3.21. The summed E-state index contributed by atoms with van der Waals surface area (Å²) in [4.78, 5) is 16.8. The SMILES string of the molecule is CCn1c(S[C@@H](C)C(=O)Nc2ccc3c(c2)OCO3)nnc1-c1cccnc1. The third-order valence-corrected chi connectivity index (χ3v) is 5.32. The van der Waals surface area contributed by atoms with Crippen molar-refractivity contribution in [2.45, 2.75) is 30.8 Å².